The average molecular weight is 223 g/mol. The van der Waals surface area contributed by atoms with Crippen LogP contribution in [0.2, 0.25) is 0 Å². The van der Waals surface area contributed by atoms with Crippen LogP contribution in [0.4, 0.5) is 0 Å². The Bertz CT molecular complexity index is 338. The van der Waals surface area contributed by atoms with Crippen molar-refractivity contribution < 1.29 is 4.79 Å². The van der Waals surface area contributed by atoms with Gasteiger partial charge in [0.15, 0.2) is 0 Å². The molecule has 4 heteroatoms. The highest BCUT2D eigenvalue weighted by Gasteiger charge is 2.10. The molecule has 0 aliphatic rings. The van der Waals surface area contributed by atoms with Gasteiger partial charge in [0, 0.05) is 18.2 Å². The standard InChI is InChI=1S/C12H21N3O/c1-5-8(2)13-12(16)7-6-11-9(3)14-15-10(11)4/h8H,5-7H2,1-4H3,(H,13,16)(H,14,15). The number of hydrogen-bond donors (Lipinski definition) is 2. The van der Waals surface area contributed by atoms with E-state index in [0.717, 1.165) is 24.2 Å². The Balaban J connectivity index is 2.43. The Labute approximate surface area is 96.8 Å². The lowest BCUT2D eigenvalue weighted by atomic mass is 10.1. The molecule has 1 aromatic heterocycles. The molecule has 1 unspecified atom stereocenters. The van der Waals surface area contributed by atoms with Gasteiger partial charge in [-0.2, -0.15) is 5.10 Å². The minimum absolute atomic E-state index is 0.120. The molecule has 1 atom stereocenters. The van der Waals surface area contributed by atoms with Crippen LogP contribution < -0.4 is 5.32 Å². The fourth-order valence-corrected chi connectivity index (χ4v) is 1.63. The van der Waals surface area contributed by atoms with Gasteiger partial charge in [0.05, 0.1) is 5.69 Å². The number of aromatic nitrogens is 2. The van der Waals surface area contributed by atoms with Crippen molar-refractivity contribution in [1.82, 2.24) is 15.5 Å². The monoisotopic (exact) mass is 223 g/mol. The number of nitrogens with zero attached hydrogens (tertiary/aromatic N) is 1. The van der Waals surface area contributed by atoms with Crippen molar-refractivity contribution in [1.29, 1.82) is 0 Å². The molecule has 16 heavy (non-hydrogen) atoms. The van der Waals surface area contributed by atoms with Crippen LogP contribution in [-0.4, -0.2) is 22.1 Å². The van der Waals surface area contributed by atoms with Gasteiger partial charge in [0.1, 0.15) is 0 Å². The fourth-order valence-electron chi connectivity index (χ4n) is 1.63. The lowest BCUT2D eigenvalue weighted by Crippen LogP contribution is -2.32. The average Bonchev–Trinajstić information content (AvgIpc) is 2.56. The third kappa shape index (κ3) is 3.36. The molecular formula is C12H21N3O. The summed E-state index contributed by atoms with van der Waals surface area (Å²) in [7, 11) is 0. The summed E-state index contributed by atoms with van der Waals surface area (Å²) in [6.45, 7) is 8.04. The highest BCUT2D eigenvalue weighted by Crippen LogP contribution is 2.11. The third-order valence-corrected chi connectivity index (χ3v) is 2.90. The second-order valence-electron chi connectivity index (χ2n) is 4.29. The van der Waals surface area contributed by atoms with E-state index in [0.29, 0.717) is 6.42 Å². The van der Waals surface area contributed by atoms with Gasteiger partial charge in [-0.05, 0) is 39.2 Å². The quantitative estimate of drug-likeness (QED) is 0.800. The van der Waals surface area contributed by atoms with E-state index in [-0.39, 0.29) is 11.9 Å². The summed E-state index contributed by atoms with van der Waals surface area (Å²) < 4.78 is 0. The van der Waals surface area contributed by atoms with Crippen molar-refractivity contribution in [3.8, 4) is 0 Å². The summed E-state index contributed by atoms with van der Waals surface area (Å²) >= 11 is 0. The zero-order valence-corrected chi connectivity index (χ0v) is 10.6. The Morgan fingerprint density at radius 3 is 2.69 bits per heavy atom. The first-order valence-electron chi connectivity index (χ1n) is 5.84. The van der Waals surface area contributed by atoms with Crippen LogP contribution in [-0.2, 0) is 11.2 Å². The molecular weight excluding hydrogens is 202 g/mol. The Hall–Kier alpha value is -1.32. The number of rotatable bonds is 5. The molecule has 0 spiro atoms. The summed E-state index contributed by atoms with van der Waals surface area (Å²) in [5, 5.41) is 10.0. The molecule has 0 radical (unpaired) electrons. The molecule has 1 heterocycles. The second kappa shape index (κ2) is 5.68. The molecule has 0 aliphatic heterocycles. The van der Waals surface area contributed by atoms with Crippen molar-refractivity contribution in [3.63, 3.8) is 0 Å². The van der Waals surface area contributed by atoms with Crippen LogP contribution in [0.5, 0.6) is 0 Å². The van der Waals surface area contributed by atoms with Gasteiger partial charge in [0.2, 0.25) is 5.91 Å². The molecule has 1 rings (SSSR count). The van der Waals surface area contributed by atoms with Gasteiger partial charge in [-0.15, -0.1) is 0 Å². The number of hydrogen-bond acceptors (Lipinski definition) is 2. The summed E-state index contributed by atoms with van der Waals surface area (Å²) in [4.78, 5) is 11.6. The van der Waals surface area contributed by atoms with Crippen LogP contribution in [0.25, 0.3) is 0 Å². The van der Waals surface area contributed by atoms with Gasteiger partial charge in [-0.25, -0.2) is 0 Å². The SMILES string of the molecule is CCC(C)NC(=O)CCc1c(C)n[nH]c1C. The zero-order valence-electron chi connectivity index (χ0n) is 10.6. The Morgan fingerprint density at radius 1 is 1.50 bits per heavy atom. The van der Waals surface area contributed by atoms with E-state index < -0.39 is 0 Å². The minimum atomic E-state index is 0.120. The molecule has 0 aliphatic carbocycles. The summed E-state index contributed by atoms with van der Waals surface area (Å²) in [5.41, 5.74) is 3.22. The van der Waals surface area contributed by atoms with E-state index >= 15 is 0 Å². The fraction of sp³-hybridized carbons (Fsp3) is 0.667. The van der Waals surface area contributed by atoms with Crippen molar-refractivity contribution in [2.24, 2.45) is 0 Å². The number of carbonyl (C=O) groups excluding carboxylic acids is 1. The van der Waals surface area contributed by atoms with Gasteiger partial charge in [-0.1, -0.05) is 6.92 Å². The van der Waals surface area contributed by atoms with E-state index in [1.807, 2.05) is 20.8 Å². The maximum Gasteiger partial charge on any atom is 0.220 e. The van der Waals surface area contributed by atoms with Crippen LogP contribution >= 0.6 is 0 Å². The molecule has 1 aromatic rings. The van der Waals surface area contributed by atoms with Crippen LogP contribution in [0.15, 0.2) is 0 Å². The van der Waals surface area contributed by atoms with Gasteiger partial charge < -0.3 is 5.32 Å². The third-order valence-electron chi connectivity index (χ3n) is 2.90. The molecule has 0 saturated carbocycles. The highest BCUT2D eigenvalue weighted by molar-refractivity contribution is 5.76. The van der Waals surface area contributed by atoms with Crippen molar-refractivity contribution in [2.45, 2.75) is 53.0 Å². The number of H-pyrrole nitrogens is 1. The maximum absolute atomic E-state index is 11.6. The molecule has 1 amide bonds. The summed E-state index contributed by atoms with van der Waals surface area (Å²) in [6, 6.07) is 0.263. The molecule has 0 fully saturated rings. The van der Waals surface area contributed by atoms with Crippen molar-refractivity contribution in [2.75, 3.05) is 0 Å². The number of nitrogens with one attached hydrogen (secondary N) is 2. The van der Waals surface area contributed by atoms with Crippen LogP contribution in [0.3, 0.4) is 0 Å². The van der Waals surface area contributed by atoms with E-state index in [1.165, 1.54) is 5.56 Å². The van der Waals surface area contributed by atoms with Crippen LogP contribution in [0, 0.1) is 13.8 Å². The zero-order chi connectivity index (χ0) is 12.1. The molecule has 0 bridgehead atoms. The summed E-state index contributed by atoms with van der Waals surface area (Å²) in [6.07, 6.45) is 2.26. The molecule has 2 N–H and O–H groups in total. The molecule has 0 saturated heterocycles. The number of amides is 1. The minimum Gasteiger partial charge on any atom is -0.354 e. The normalized spacial score (nSPS) is 12.5. The smallest absolute Gasteiger partial charge is 0.220 e. The largest absolute Gasteiger partial charge is 0.354 e. The number of aromatic amines is 1. The first-order valence-corrected chi connectivity index (χ1v) is 5.84. The molecule has 4 nitrogen and oxygen atoms in total. The highest BCUT2D eigenvalue weighted by atomic mass is 16.1. The van der Waals surface area contributed by atoms with Crippen LogP contribution in [0.1, 0.15) is 43.6 Å². The topological polar surface area (TPSA) is 57.8 Å². The Morgan fingerprint density at radius 2 is 2.19 bits per heavy atom. The molecule has 90 valence electrons. The first kappa shape index (κ1) is 12.7. The summed E-state index contributed by atoms with van der Waals surface area (Å²) in [5.74, 6) is 0.120. The Kier molecular flexibility index (Phi) is 4.52. The predicted molar refractivity (Wildman–Crippen MR) is 64.3 cm³/mol. The number of carbonyl (C=O) groups is 1. The molecule has 0 aromatic carbocycles. The van der Waals surface area contributed by atoms with E-state index in [1.54, 1.807) is 0 Å². The van der Waals surface area contributed by atoms with Gasteiger partial charge in [-0.3, -0.25) is 9.89 Å². The first-order chi connectivity index (χ1) is 7.54. The van der Waals surface area contributed by atoms with Gasteiger partial charge in [0.25, 0.3) is 0 Å². The van der Waals surface area contributed by atoms with Crippen molar-refractivity contribution >= 4 is 5.91 Å². The van der Waals surface area contributed by atoms with Gasteiger partial charge >= 0.3 is 0 Å². The van der Waals surface area contributed by atoms with E-state index in [4.69, 9.17) is 0 Å². The van der Waals surface area contributed by atoms with Crippen molar-refractivity contribution in [3.05, 3.63) is 17.0 Å². The van der Waals surface area contributed by atoms with E-state index in [9.17, 15) is 4.79 Å². The maximum atomic E-state index is 11.6. The lowest BCUT2D eigenvalue weighted by Gasteiger charge is -2.11. The predicted octanol–water partition coefficient (Wildman–Crippen LogP) is 1.87. The lowest BCUT2D eigenvalue weighted by molar-refractivity contribution is -0.121. The number of aryl methyl sites for hydroxylation is 2. The van der Waals surface area contributed by atoms with E-state index in [2.05, 4.69) is 22.4 Å². The second-order valence-corrected chi connectivity index (χ2v) is 4.29.